The molecule has 0 aliphatic rings. The summed E-state index contributed by atoms with van der Waals surface area (Å²) in [4.78, 5) is 6.53. The molecule has 0 unspecified atom stereocenters. The normalized spacial score (nSPS) is 11.7. The van der Waals surface area contributed by atoms with Gasteiger partial charge < -0.3 is 0 Å². The smallest absolute Gasteiger partial charge is 0.201 e. The van der Waals surface area contributed by atoms with Crippen LogP contribution < -0.4 is 0 Å². The third-order valence-electron chi connectivity index (χ3n) is 4.33. The molecule has 4 heterocycles. The molecule has 4 aromatic heterocycles. The van der Waals surface area contributed by atoms with E-state index in [2.05, 4.69) is 22.1 Å². The number of thiophene rings is 1. The fourth-order valence-corrected chi connectivity index (χ4v) is 4.79. The first-order chi connectivity index (χ1) is 13.1. The minimum Gasteiger partial charge on any atom is -0.259 e. The summed E-state index contributed by atoms with van der Waals surface area (Å²) in [6.45, 7) is 4.05. The first kappa shape index (κ1) is 16.7. The van der Waals surface area contributed by atoms with E-state index in [9.17, 15) is 0 Å². The zero-order valence-electron chi connectivity index (χ0n) is 14.4. The van der Waals surface area contributed by atoms with Gasteiger partial charge in [-0.1, -0.05) is 11.6 Å². The fourth-order valence-electron chi connectivity index (χ4n) is 3.02. The van der Waals surface area contributed by atoms with Crippen LogP contribution in [0.25, 0.3) is 21.6 Å². The van der Waals surface area contributed by atoms with Crippen LogP contribution in [-0.2, 0) is 0 Å². The van der Waals surface area contributed by atoms with Gasteiger partial charge in [0.1, 0.15) is 11.2 Å². The van der Waals surface area contributed by atoms with E-state index < -0.39 is 0 Å². The molecule has 0 bridgehead atoms. The van der Waals surface area contributed by atoms with Crippen LogP contribution in [0.1, 0.15) is 11.4 Å². The van der Waals surface area contributed by atoms with Crippen molar-refractivity contribution in [1.29, 1.82) is 0 Å². The molecule has 5 rings (SSSR count). The lowest BCUT2D eigenvalue weighted by Gasteiger charge is -2.05. The van der Waals surface area contributed by atoms with E-state index in [0.717, 1.165) is 43.0 Å². The van der Waals surface area contributed by atoms with Crippen molar-refractivity contribution in [3.63, 3.8) is 0 Å². The van der Waals surface area contributed by atoms with Crippen LogP contribution >= 0.6 is 34.7 Å². The van der Waals surface area contributed by atoms with Crippen molar-refractivity contribution in [3.05, 3.63) is 58.4 Å². The fraction of sp³-hybridized carbons (Fsp3) is 0.111. The van der Waals surface area contributed by atoms with Gasteiger partial charge in [0, 0.05) is 5.02 Å². The highest BCUT2D eigenvalue weighted by atomic mass is 35.5. The molecule has 0 aliphatic carbocycles. The third kappa shape index (κ3) is 2.72. The van der Waals surface area contributed by atoms with Crippen LogP contribution in [0, 0.1) is 13.8 Å². The highest BCUT2D eigenvalue weighted by molar-refractivity contribution is 7.99. The number of halogens is 1. The topological polar surface area (TPSA) is 60.9 Å². The number of nitrogens with zero attached hydrogens (tertiary/aromatic N) is 6. The number of aryl methyl sites for hydroxylation is 1. The van der Waals surface area contributed by atoms with Gasteiger partial charge in [0.2, 0.25) is 5.16 Å². The van der Waals surface area contributed by atoms with Crippen molar-refractivity contribution < 1.29 is 0 Å². The van der Waals surface area contributed by atoms with Gasteiger partial charge in [0.15, 0.2) is 5.65 Å². The minimum absolute atomic E-state index is 0.706. The van der Waals surface area contributed by atoms with Crippen molar-refractivity contribution in [1.82, 2.24) is 29.4 Å². The highest BCUT2D eigenvalue weighted by Gasteiger charge is 2.18. The van der Waals surface area contributed by atoms with Crippen molar-refractivity contribution in [2.24, 2.45) is 0 Å². The maximum absolute atomic E-state index is 6.00. The molecule has 0 atom stereocenters. The Morgan fingerprint density at radius 1 is 1.07 bits per heavy atom. The zero-order valence-corrected chi connectivity index (χ0v) is 16.8. The van der Waals surface area contributed by atoms with Crippen LogP contribution in [0.4, 0.5) is 0 Å². The second-order valence-corrected chi connectivity index (χ2v) is 8.36. The molecular weight excluding hydrogens is 400 g/mol. The number of benzene rings is 1. The molecule has 0 aliphatic heterocycles. The van der Waals surface area contributed by atoms with Crippen molar-refractivity contribution in [3.8, 4) is 5.69 Å². The first-order valence-electron chi connectivity index (χ1n) is 8.19. The number of hydrogen-bond acceptors (Lipinski definition) is 6. The molecule has 0 saturated heterocycles. The van der Waals surface area contributed by atoms with E-state index >= 15 is 0 Å². The molecular formula is C18H13ClN6S2. The summed E-state index contributed by atoms with van der Waals surface area (Å²) in [5, 5.41) is 18.0. The summed E-state index contributed by atoms with van der Waals surface area (Å²) in [7, 11) is 0. The average Bonchev–Trinajstić information content (AvgIpc) is 3.36. The Balaban J connectivity index is 1.58. The van der Waals surface area contributed by atoms with E-state index in [1.807, 2.05) is 51.7 Å². The number of rotatable bonds is 3. The second kappa shape index (κ2) is 6.33. The molecule has 0 amide bonds. The monoisotopic (exact) mass is 412 g/mol. The van der Waals surface area contributed by atoms with E-state index in [1.54, 1.807) is 29.4 Å². The van der Waals surface area contributed by atoms with Crippen LogP contribution in [0.15, 0.2) is 52.1 Å². The molecule has 0 spiro atoms. The first-order valence-corrected chi connectivity index (χ1v) is 10.3. The van der Waals surface area contributed by atoms with E-state index in [0.29, 0.717) is 5.02 Å². The van der Waals surface area contributed by atoms with Gasteiger partial charge in [-0.25, -0.2) is 9.67 Å². The average molecular weight is 413 g/mol. The zero-order chi connectivity index (χ0) is 18.5. The molecule has 0 N–H and O–H groups in total. The summed E-state index contributed by atoms with van der Waals surface area (Å²) in [6, 6.07) is 9.67. The Bertz CT molecular complexity index is 1280. The molecule has 5 aromatic rings. The molecule has 6 nitrogen and oxygen atoms in total. The van der Waals surface area contributed by atoms with E-state index in [-0.39, 0.29) is 0 Å². The Kier molecular flexibility index (Phi) is 3.92. The lowest BCUT2D eigenvalue weighted by molar-refractivity contribution is 0.832. The highest BCUT2D eigenvalue weighted by Crippen LogP contribution is 2.34. The summed E-state index contributed by atoms with van der Waals surface area (Å²) in [5.41, 5.74) is 3.78. The standard InChI is InChI=1S/C18H13ClN6S2/c1-10-15(11(2)25(23-10)13-5-3-12(19)4-6-13)27-18-22-21-16-14-7-8-26-17(14)20-9-24(16)18/h3-9H,1-2H3. The van der Waals surface area contributed by atoms with Crippen LogP contribution in [0.2, 0.25) is 5.02 Å². The molecule has 0 saturated carbocycles. The Hall–Kier alpha value is -2.42. The van der Waals surface area contributed by atoms with E-state index in [4.69, 9.17) is 16.7 Å². The molecule has 1 aromatic carbocycles. The largest absolute Gasteiger partial charge is 0.259 e. The maximum atomic E-state index is 6.00. The number of aromatic nitrogens is 6. The van der Waals surface area contributed by atoms with Gasteiger partial charge in [0.25, 0.3) is 0 Å². The third-order valence-corrected chi connectivity index (χ3v) is 6.66. The predicted molar refractivity (Wildman–Crippen MR) is 108 cm³/mol. The lowest BCUT2D eigenvalue weighted by atomic mass is 10.3. The van der Waals surface area contributed by atoms with Gasteiger partial charge in [-0.15, -0.1) is 21.5 Å². The van der Waals surface area contributed by atoms with Crippen molar-refractivity contribution in [2.75, 3.05) is 0 Å². The van der Waals surface area contributed by atoms with E-state index in [1.165, 1.54) is 0 Å². The molecule has 0 radical (unpaired) electrons. The molecule has 27 heavy (non-hydrogen) atoms. The van der Waals surface area contributed by atoms with Crippen LogP contribution in [0.3, 0.4) is 0 Å². The second-order valence-electron chi connectivity index (χ2n) is 6.05. The SMILES string of the molecule is Cc1nn(-c2ccc(Cl)cc2)c(C)c1Sc1nnc2c3ccsc3ncn12. The number of hydrogen-bond donors (Lipinski definition) is 0. The quantitative estimate of drug-likeness (QED) is 0.419. The van der Waals surface area contributed by atoms with Gasteiger partial charge in [-0.3, -0.25) is 4.40 Å². The molecule has 9 heteroatoms. The van der Waals surface area contributed by atoms with Crippen LogP contribution in [0.5, 0.6) is 0 Å². The number of fused-ring (bicyclic) bond motifs is 3. The van der Waals surface area contributed by atoms with Crippen molar-refractivity contribution in [2.45, 2.75) is 23.9 Å². The van der Waals surface area contributed by atoms with Gasteiger partial charge in [-0.2, -0.15) is 5.10 Å². The Labute approximate surface area is 167 Å². The van der Waals surface area contributed by atoms with Gasteiger partial charge in [-0.05, 0) is 61.3 Å². The van der Waals surface area contributed by atoms with Crippen molar-refractivity contribution >= 4 is 50.6 Å². The molecule has 0 fully saturated rings. The van der Waals surface area contributed by atoms with Crippen LogP contribution in [-0.4, -0.2) is 29.4 Å². The predicted octanol–water partition coefficient (Wildman–Crippen LogP) is 4.95. The summed E-state index contributed by atoms with van der Waals surface area (Å²) in [5.74, 6) is 0. The minimum atomic E-state index is 0.706. The van der Waals surface area contributed by atoms with Gasteiger partial charge >= 0.3 is 0 Å². The van der Waals surface area contributed by atoms with Gasteiger partial charge in [0.05, 0.1) is 27.4 Å². The Morgan fingerprint density at radius 2 is 1.89 bits per heavy atom. The summed E-state index contributed by atoms with van der Waals surface area (Å²) >= 11 is 9.15. The molecule has 134 valence electrons. The lowest BCUT2D eigenvalue weighted by Crippen LogP contribution is -1.98. The Morgan fingerprint density at radius 3 is 2.70 bits per heavy atom. The maximum Gasteiger partial charge on any atom is 0.201 e. The summed E-state index contributed by atoms with van der Waals surface area (Å²) < 4.78 is 3.85. The summed E-state index contributed by atoms with van der Waals surface area (Å²) in [6.07, 6.45) is 1.78.